The van der Waals surface area contributed by atoms with E-state index in [0.717, 1.165) is 13.8 Å². The Morgan fingerprint density at radius 3 is 2.56 bits per heavy atom. The number of anilines is 1. The van der Waals surface area contributed by atoms with Crippen LogP contribution in [0.1, 0.15) is 16.6 Å². The molecule has 0 saturated heterocycles. The van der Waals surface area contributed by atoms with E-state index < -0.39 is 6.04 Å². The van der Waals surface area contributed by atoms with Gasteiger partial charge in [0.25, 0.3) is 5.91 Å². The van der Waals surface area contributed by atoms with E-state index in [4.69, 9.17) is 0 Å². The van der Waals surface area contributed by atoms with Crippen LogP contribution in [-0.2, 0) is 11.8 Å². The van der Waals surface area contributed by atoms with Crippen molar-refractivity contribution >= 4 is 56.5 Å². The molecule has 140 valence electrons. The number of aromatic nitrogens is 3. The van der Waals surface area contributed by atoms with Gasteiger partial charge in [-0.15, -0.1) is 21.5 Å². The molecule has 1 atom stereocenters. The molecule has 0 spiro atoms. The summed E-state index contributed by atoms with van der Waals surface area (Å²) in [6.07, 6.45) is 1.64. The van der Waals surface area contributed by atoms with Crippen LogP contribution in [0, 0.1) is 0 Å². The van der Waals surface area contributed by atoms with Gasteiger partial charge in [0, 0.05) is 17.6 Å². The number of nitrogens with one attached hydrogen (secondary N) is 2. The highest BCUT2D eigenvalue weighted by Gasteiger charge is 2.18. The van der Waals surface area contributed by atoms with E-state index in [2.05, 4.69) is 36.8 Å². The van der Waals surface area contributed by atoms with Crippen LogP contribution < -0.4 is 10.6 Å². The summed E-state index contributed by atoms with van der Waals surface area (Å²) in [6.45, 7) is 1.65. The molecule has 3 aromatic rings. The first-order valence-electron chi connectivity index (χ1n) is 7.91. The lowest BCUT2D eigenvalue weighted by atomic mass is 10.2. The molecule has 0 saturated carbocycles. The summed E-state index contributed by atoms with van der Waals surface area (Å²) in [6, 6.07) is 10.2. The Kier molecular flexibility index (Phi) is 6.30. The molecule has 0 aliphatic carbocycles. The Morgan fingerprint density at radius 1 is 1.22 bits per heavy atom. The second-order valence-electron chi connectivity index (χ2n) is 5.64. The van der Waals surface area contributed by atoms with Crippen molar-refractivity contribution < 1.29 is 9.59 Å². The number of carbonyl (C=O) groups is 2. The Hall–Kier alpha value is -2.17. The van der Waals surface area contributed by atoms with Gasteiger partial charge in [-0.2, -0.15) is 0 Å². The van der Waals surface area contributed by atoms with E-state index in [1.807, 2.05) is 35.9 Å². The van der Waals surface area contributed by atoms with Crippen molar-refractivity contribution in [2.24, 2.45) is 7.05 Å². The minimum Gasteiger partial charge on any atom is -0.340 e. The van der Waals surface area contributed by atoms with E-state index in [1.165, 1.54) is 23.1 Å². The van der Waals surface area contributed by atoms with Gasteiger partial charge in [-0.05, 0) is 71.0 Å². The zero-order chi connectivity index (χ0) is 19.4. The molecular formula is C17H16BrN5O2S2. The molecule has 7 nitrogen and oxygen atoms in total. The second kappa shape index (κ2) is 8.68. The van der Waals surface area contributed by atoms with Crippen LogP contribution >= 0.6 is 39.0 Å². The highest BCUT2D eigenvalue weighted by Crippen LogP contribution is 2.26. The Morgan fingerprint density at radius 2 is 1.96 bits per heavy atom. The van der Waals surface area contributed by atoms with E-state index in [1.54, 1.807) is 25.4 Å². The number of hydrogen-bond donors (Lipinski definition) is 2. The summed E-state index contributed by atoms with van der Waals surface area (Å²) in [5.74, 6) is -0.559. The number of benzene rings is 1. The number of aryl methyl sites for hydroxylation is 1. The predicted octanol–water partition coefficient (Wildman–Crippen LogP) is 3.55. The zero-order valence-corrected chi connectivity index (χ0v) is 17.7. The Labute approximate surface area is 172 Å². The largest absolute Gasteiger partial charge is 0.340 e. The molecule has 1 unspecified atom stereocenters. The molecule has 2 aromatic heterocycles. The number of amides is 2. The minimum atomic E-state index is -0.661. The van der Waals surface area contributed by atoms with Gasteiger partial charge in [-0.1, -0.05) is 0 Å². The quantitative estimate of drug-likeness (QED) is 0.580. The topological polar surface area (TPSA) is 88.9 Å². The van der Waals surface area contributed by atoms with E-state index in [0.29, 0.717) is 10.6 Å². The summed E-state index contributed by atoms with van der Waals surface area (Å²) in [4.78, 5) is 26.0. The lowest BCUT2D eigenvalue weighted by Gasteiger charge is -2.14. The molecule has 0 aliphatic rings. The van der Waals surface area contributed by atoms with Crippen LogP contribution in [0.25, 0.3) is 0 Å². The standard InChI is InChI=1S/C17H16BrN5O2S2/c1-10(20-16(25)13-7-8-14(18)27-13)15(24)21-11-3-5-12(6-4-11)26-17-22-19-9-23(17)2/h3-10H,1-2H3,(H,20,25)(H,21,24). The third-order valence-corrected chi connectivity index (χ3v) is 6.22. The van der Waals surface area contributed by atoms with Crippen molar-refractivity contribution in [3.05, 3.63) is 51.4 Å². The number of thiophene rings is 1. The molecule has 0 fully saturated rings. The van der Waals surface area contributed by atoms with Gasteiger partial charge in [0.05, 0.1) is 8.66 Å². The SMILES string of the molecule is CC(NC(=O)c1ccc(Br)s1)C(=O)Nc1ccc(Sc2nncn2C)cc1. The first-order valence-corrected chi connectivity index (χ1v) is 10.3. The van der Waals surface area contributed by atoms with Gasteiger partial charge in [-0.25, -0.2) is 0 Å². The summed E-state index contributed by atoms with van der Waals surface area (Å²) in [7, 11) is 1.88. The fourth-order valence-electron chi connectivity index (χ4n) is 2.10. The first kappa shape index (κ1) is 19.6. The molecule has 3 rings (SSSR count). The van der Waals surface area contributed by atoms with Crippen molar-refractivity contribution in [1.82, 2.24) is 20.1 Å². The normalized spacial score (nSPS) is 11.8. The molecule has 2 heterocycles. The molecule has 27 heavy (non-hydrogen) atoms. The van der Waals surface area contributed by atoms with E-state index >= 15 is 0 Å². The van der Waals surface area contributed by atoms with Crippen LogP contribution in [0.5, 0.6) is 0 Å². The average molecular weight is 466 g/mol. The Balaban J connectivity index is 1.55. The molecule has 2 N–H and O–H groups in total. The molecule has 0 bridgehead atoms. The van der Waals surface area contributed by atoms with Gasteiger partial charge >= 0.3 is 0 Å². The molecule has 2 amide bonds. The summed E-state index contributed by atoms with van der Waals surface area (Å²) in [5.41, 5.74) is 0.655. The van der Waals surface area contributed by atoms with Crippen molar-refractivity contribution in [3.8, 4) is 0 Å². The molecule has 0 radical (unpaired) electrons. The maximum absolute atomic E-state index is 12.3. The maximum Gasteiger partial charge on any atom is 0.262 e. The first-order chi connectivity index (χ1) is 12.9. The van der Waals surface area contributed by atoms with Gasteiger partial charge in [-0.3, -0.25) is 9.59 Å². The second-order valence-corrected chi connectivity index (χ2v) is 9.14. The van der Waals surface area contributed by atoms with Crippen LogP contribution in [0.4, 0.5) is 5.69 Å². The van der Waals surface area contributed by atoms with Crippen LogP contribution in [-0.4, -0.2) is 32.6 Å². The highest BCUT2D eigenvalue weighted by atomic mass is 79.9. The lowest BCUT2D eigenvalue weighted by molar-refractivity contribution is -0.117. The lowest BCUT2D eigenvalue weighted by Crippen LogP contribution is -2.41. The third-order valence-electron chi connectivity index (χ3n) is 3.54. The number of nitrogens with zero attached hydrogens (tertiary/aromatic N) is 3. The summed E-state index contributed by atoms with van der Waals surface area (Å²) >= 11 is 6.11. The monoisotopic (exact) mass is 465 g/mol. The van der Waals surface area contributed by atoms with Crippen LogP contribution in [0.3, 0.4) is 0 Å². The van der Waals surface area contributed by atoms with Crippen molar-refractivity contribution in [2.75, 3.05) is 5.32 Å². The van der Waals surface area contributed by atoms with Gasteiger partial charge < -0.3 is 15.2 Å². The summed E-state index contributed by atoms with van der Waals surface area (Å²) < 4.78 is 2.70. The highest BCUT2D eigenvalue weighted by molar-refractivity contribution is 9.11. The third kappa shape index (κ3) is 5.18. The number of halogens is 1. The van der Waals surface area contributed by atoms with Crippen molar-refractivity contribution in [2.45, 2.75) is 23.0 Å². The predicted molar refractivity (Wildman–Crippen MR) is 109 cm³/mol. The van der Waals surface area contributed by atoms with Crippen molar-refractivity contribution in [1.29, 1.82) is 0 Å². The van der Waals surface area contributed by atoms with Crippen molar-refractivity contribution in [3.63, 3.8) is 0 Å². The van der Waals surface area contributed by atoms with E-state index in [9.17, 15) is 9.59 Å². The average Bonchev–Trinajstić information content (AvgIpc) is 3.25. The fourth-order valence-corrected chi connectivity index (χ4v) is 4.15. The summed E-state index contributed by atoms with van der Waals surface area (Å²) in [5, 5.41) is 14.1. The number of rotatable bonds is 6. The number of carbonyl (C=O) groups excluding carboxylic acids is 2. The Bertz CT molecular complexity index is 954. The van der Waals surface area contributed by atoms with Gasteiger partial charge in [0.2, 0.25) is 5.91 Å². The van der Waals surface area contributed by atoms with Crippen LogP contribution in [0.15, 0.2) is 56.6 Å². The smallest absolute Gasteiger partial charge is 0.262 e. The molecule has 10 heteroatoms. The van der Waals surface area contributed by atoms with Crippen LogP contribution in [0.2, 0.25) is 0 Å². The van der Waals surface area contributed by atoms with E-state index in [-0.39, 0.29) is 11.8 Å². The molecular weight excluding hydrogens is 450 g/mol. The zero-order valence-electron chi connectivity index (χ0n) is 14.5. The molecule has 0 aliphatic heterocycles. The maximum atomic E-state index is 12.3. The van der Waals surface area contributed by atoms with Gasteiger partial charge in [0.1, 0.15) is 12.4 Å². The number of hydrogen-bond acceptors (Lipinski definition) is 6. The fraction of sp³-hybridized carbons (Fsp3) is 0.176. The minimum absolute atomic E-state index is 0.274. The molecule has 1 aromatic carbocycles. The van der Waals surface area contributed by atoms with Gasteiger partial charge in [0.15, 0.2) is 5.16 Å².